The molecule has 0 aliphatic carbocycles. The number of rotatable bonds is 4. The number of anilines is 1. The molecule has 2 fully saturated rings. The maximum absolute atomic E-state index is 9.48. The van der Waals surface area contributed by atoms with Gasteiger partial charge in [0.25, 0.3) is 0 Å². The predicted octanol–water partition coefficient (Wildman–Crippen LogP) is 2.64. The first-order valence-corrected chi connectivity index (χ1v) is 8.42. The van der Waals surface area contributed by atoms with Crippen LogP contribution in [-0.4, -0.2) is 48.3 Å². The molecule has 0 bridgehead atoms. The smallest absolute Gasteiger partial charge is 0.101 e. The lowest BCUT2D eigenvalue weighted by molar-refractivity contribution is 0.153. The van der Waals surface area contributed by atoms with Crippen LogP contribution in [0.3, 0.4) is 0 Å². The maximum atomic E-state index is 9.48. The van der Waals surface area contributed by atoms with Crippen LogP contribution in [0.4, 0.5) is 5.69 Å². The van der Waals surface area contributed by atoms with Crippen LogP contribution in [0.2, 0.25) is 5.02 Å². The van der Waals surface area contributed by atoms with Crippen LogP contribution < -0.4 is 4.90 Å². The van der Waals surface area contributed by atoms with Gasteiger partial charge in [0.2, 0.25) is 0 Å². The third kappa shape index (κ3) is 3.08. The summed E-state index contributed by atoms with van der Waals surface area (Å²) in [7, 11) is 0. The molecule has 2 aliphatic heterocycles. The highest BCUT2D eigenvalue weighted by Gasteiger charge is 2.31. The molecule has 3 rings (SSSR count). The molecule has 2 heterocycles. The molecule has 0 spiro atoms. The number of aliphatic hydroxyl groups excluding tert-OH is 1. The van der Waals surface area contributed by atoms with Crippen molar-refractivity contribution in [2.45, 2.75) is 37.8 Å². The van der Waals surface area contributed by atoms with Gasteiger partial charge in [-0.1, -0.05) is 11.6 Å². The van der Waals surface area contributed by atoms with E-state index in [0.29, 0.717) is 22.7 Å². The molecular weight excluding hydrogens is 298 g/mol. The van der Waals surface area contributed by atoms with Crippen molar-refractivity contribution in [1.82, 2.24) is 4.90 Å². The van der Waals surface area contributed by atoms with E-state index in [9.17, 15) is 5.11 Å². The van der Waals surface area contributed by atoms with Gasteiger partial charge in [-0.05, 0) is 50.4 Å². The van der Waals surface area contributed by atoms with E-state index in [1.54, 1.807) is 6.07 Å². The van der Waals surface area contributed by atoms with Gasteiger partial charge in [0.1, 0.15) is 6.07 Å². The Morgan fingerprint density at radius 3 is 2.73 bits per heavy atom. The van der Waals surface area contributed by atoms with Crippen LogP contribution in [0.1, 0.15) is 31.2 Å². The lowest BCUT2D eigenvalue weighted by Crippen LogP contribution is -2.43. The fourth-order valence-electron chi connectivity index (χ4n) is 3.75. The van der Waals surface area contributed by atoms with Crippen molar-refractivity contribution in [3.8, 4) is 6.07 Å². The summed E-state index contributed by atoms with van der Waals surface area (Å²) in [5.74, 6) is 0. The van der Waals surface area contributed by atoms with E-state index in [0.717, 1.165) is 31.7 Å². The average Bonchev–Trinajstić information content (AvgIpc) is 3.16. The minimum atomic E-state index is 0.259. The molecule has 22 heavy (non-hydrogen) atoms. The Bertz CT molecular complexity index is 572. The number of nitrogens with zero attached hydrogens (tertiary/aromatic N) is 3. The Morgan fingerprint density at radius 1 is 1.23 bits per heavy atom. The Labute approximate surface area is 136 Å². The quantitative estimate of drug-likeness (QED) is 0.927. The summed E-state index contributed by atoms with van der Waals surface area (Å²) >= 11 is 6.18. The number of halogens is 1. The van der Waals surface area contributed by atoms with E-state index in [1.165, 1.54) is 19.3 Å². The minimum Gasteiger partial charge on any atom is -0.395 e. The first-order chi connectivity index (χ1) is 10.7. The van der Waals surface area contributed by atoms with Gasteiger partial charge in [-0.3, -0.25) is 4.90 Å². The first-order valence-electron chi connectivity index (χ1n) is 8.04. The summed E-state index contributed by atoms with van der Waals surface area (Å²) in [5.41, 5.74) is 1.63. The van der Waals surface area contributed by atoms with Gasteiger partial charge in [-0.25, -0.2) is 0 Å². The average molecular weight is 320 g/mol. The summed E-state index contributed by atoms with van der Waals surface area (Å²) in [6.07, 6.45) is 4.64. The summed E-state index contributed by atoms with van der Waals surface area (Å²) in [5, 5.41) is 19.0. The van der Waals surface area contributed by atoms with E-state index in [4.69, 9.17) is 16.9 Å². The van der Waals surface area contributed by atoms with Crippen molar-refractivity contribution < 1.29 is 5.11 Å². The van der Waals surface area contributed by atoms with Gasteiger partial charge >= 0.3 is 0 Å². The normalized spacial score (nSPS) is 25.6. The Hall–Kier alpha value is -1.28. The number of hydrogen-bond acceptors (Lipinski definition) is 4. The molecule has 2 unspecified atom stereocenters. The van der Waals surface area contributed by atoms with Gasteiger partial charge in [0.15, 0.2) is 0 Å². The minimum absolute atomic E-state index is 0.259. The lowest BCUT2D eigenvalue weighted by Gasteiger charge is -2.32. The molecule has 0 radical (unpaired) electrons. The number of benzene rings is 1. The number of hydrogen-bond donors (Lipinski definition) is 1. The Kier molecular flexibility index (Phi) is 4.87. The van der Waals surface area contributed by atoms with Gasteiger partial charge in [0.05, 0.1) is 17.2 Å². The highest BCUT2D eigenvalue weighted by molar-refractivity contribution is 6.32. The molecule has 0 amide bonds. The predicted molar refractivity (Wildman–Crippen MR) is 88.2 cm³/mol. The molecular formula is C17H22ClN3O. The van der Waals surface area contributed by atoms with Crippen molar-refractivity contribution >= 4 is 17.3 Å². The second-order valence-electron chi connectivity index (χ2n) is 6.24. The van der Waals surface area contributed by atoms with E-state index >= 15 is 0 Å². The van der Waals surface area contributed by atoms with E-state index in [1.807, 2.05) is 12.1 Å². The Balaban J connectivity index is 1.73. The highest BCUT2D eigenvalue weighted by Crippen LogP contribution is 2.30. The van der Waals surface area contributed by atoms with Crippen molar-refractivity contribution in [3.63, 3.8) is 0 Å². The molecule has 0 saturated carbocycles. The van der Waals surface area contributed by atoms with Gasteiger partial charge in [-0.15, -0.1) is 0 Å². The molecule has 118 valence electrons. The van der Waals surface area contributed by atoms with Crippen molar-refractivity contribution in [3.05, 3.63) is 28.8 Å². The van der Waals surface area contributed by atoms with Gasteiger partial charge in [-0.2, -0.15) is 5.26 Å². The lowest BCUT2D eigenvalue weighted by atomic mass is 10.1. The topological polar surface area (TPSA) is 50.5 Å². The molecule has 2 saturated heterocycles. The third-order valence-electron chi connectivity index (χ3n) is 4.94. The largest absolute Gasteiger partial charge is 0.395 e. The van der Waals surface area contributed by atoms with Crippen molar-refractivity contribution in [2.24, 2.45) is 0 Å². The first kappa shape index (κ1) is 15.6. The fraction of sp³-hybridized carbons (Fsp3) is 0.588. The molecule has 4 nitrogen and oxygen atoms in total. The van der Waals surface area contributed by atoms with Crippen molar-refractivity contribution in [2.75, 3.05) is 31.1 Å². The second-order valence-corrected chi connectivity index (χ2v) is 6.65. The summed E-state index contributed by atoms with van der Waals surface area (Å²) in [4.78, 5) is 4.83. The van der Waals surface area contributed by atoms with E-state index < -0.39 is 0 Å². The second kappa shape index (κ2) is 6.87. The molecule has 5 heteroatoms. The van der Waals surface area contributed by atoms with Crippen LogP contribution in [-0.2, 0) is 0 Å². The standard InChI is InChI=1S/C17H22ClN3O/c18-17-9-14(6-5-13(17)10-19)21-8-2-3-15(21)11-20-7-1-4-16(20)12-22/h5-6,9,15-16,22H,1-4,7-8,11-12H2. The SMILES string of the molecule is N#Cc1ccc(N2CCCC2CN2CCCC2CO)cc1Cl. The molecule has 2 aliphatic rings. The summed E-state index contributed by atoms with van der Waals surface area (Å²) in [6.45, 7) is 3.38. The zero-order chi connectivity index (χ0) is 15.5. The maximum Gasteiger partial charge on any atom is 0.101 e. The molecule has 2 atom stereocenters. The molecule has 1 aromatic carbocycles. The third-order valence-corrected chi connectivity index (χ3v) is 5.25. The zero-order valence-electron chi connectivity index (χ0n) is 12.7. The van der Waals surface area contributed by atoms with E-state index in [-0.39, 0.29) is 6.61 Å². The van der Waals surface area contributed by atoms with Crippen LogP contribution in [0.15, 0.2) is 18.2 Å². The van der Waals surface area contributed by atoms with Crippen LogP contribution >= 0.6 is 11.6 Å². The van der Waals surface area contributed by atoms with Crippen molar-refractivity contribution in [1.29, 1.82) is 5.26 Å². The molecule has 1 N–H and O–H groups in total. The van der Waals surface area contributed by atoms with Gasteiger partial charge < -0.3 is 10.0 Å². The van der Waals surface area contributed by atoms with Crippen LogP contribution in [0, 0.1) is 11.3 Å². The fourth-order valence-corrected chi connectivity index (χ4v) is 3.97. The van der Waals surface area contributed by atoms with Gasteiger partial charge in [0, 0.05) is 30.9 Å². The number of likely N-dealkylation sites (tertiary alicyclic amines) is 1. The monoisotopic (exact) mass is 319 g/mol. The van der Waals surface area contributed by atoms with Crippen LogP contribution in [0.5, 0.6) is 0 Å². The number of nitriles is 1. The van der Waals surface area contributed by atoms with E-state index in [2.05, 4.69) is 15.9 Å². The van der Waals surface area contributed by atoms with Crippen LogP contribution in [0.25, 0.3) is 0 Å². The Morgan fingerprint density at radius 2 is 2.00 bits per heavy atom. The summed E-state index contributed by atoms with van der Waals surface area (Å²) in [6, 6.07) is 8.61. The molecule has 0 aromatic heterocycles. The number of aliphatic hydroxyl groups is 1. The highest BCUT2D eigenvalue weighted by atomic mass is 35.5. The summed E-state index contributed by atoms with van der Waals surface area (Å²) < 4.78 is 0. The molecule has 1 aromatic rings. The zero-order valence-corrected chi connectivity index (χ0v) is 13.5.